The first kappa shape index (κ1) is 10.2. The third-order valence-corrected chi connectivity index (χ3v) is 2.00. The zero-order valence-electron chi connectivity index (χ0n) is 8.29. The van der Waals surface area contributed by atoms with Crippen LogP contribution in [0.5, 0.6) is 0 Å². The second-order valence-electron chi connectivity index (χ2n) is 3.16. The molecule has 0 radical (unpaired) electrons. The summed E-state index contributed by atoms with van der Waals surface area (Å²) in [6.45, 7) is 0. The van der Waals surface area contributed by atoms with E-state index in [2.05, 4.69) is 10.1 Å². The van der Waals surface area contributed by atoms with Gasteiger partial charge in [-0.3, -0.25) is 14.8 Å². The standard InChI is InChI=1S/C9H7FN4O2/c1-13-5-11-9(12-13)7-3-2-6(14(15)16)4-8(7)10/h2-5H,1H3. The molecule has 0 amide bonds. The number of non-ortho nitro benzene ring substituents is 1. The van der Waals surface area contributed by atoms with Gasteiger partial charge in [-0.05, 0) is 6.07 Å². The van der Waals surface area contributed by atoms with Gasteiger partial charge in [-0.1, -0.05) is 0 Å². The van der Waals surface area contributed by atoms with E-state index in [0.29, 0.717) is 0 Å². The number of hydrogen-bond acceptors (Lipinski definition) is 4. The molecule has 0 saturated heterocycles. The Kier molecular flexibility index (Phi) is 2.35. The Bertz CT molecular complexity index is 552. The minimum absolute atomic E-state index is 0.145. The zero-order valence-corrected chi connectivity index (χ0v) is 8.29. The highest BCUT2D eigenvalue weighted by molar-refractivity contribution is 5.57. The maximum Gasteiger partial charge on any atom is 0.272 e. The van der Waals surface area contributed by atoms with E-state index in [9.17, 15) is 14.5 Å². The second-order valence-corrected chi connectivity index (χ2v) is 3.16. The number of nitro benzene ring substituents is 1. The lowest BCUT2D eigenvalue weighted by Crippen LogP contribution is -1.93. The monoisotopic (exact) mass is 222 g/mol. The van der Waals surface area contributed by atoms with E-state index in [1.165, 1.54) is 23.1 Å². The first-order chi connectivity index (χ1) is 7.58. The van der Waals surface area contributed by atoms with Crippen molar-refractivity contribution in [2.75, 3.05) is 0 Å². The Morgan fingerprint density at radius 3 is 2.75 bits per heavy atom. The first-order valence-electron chi connectivity index (χ1n) is 4.38. The maximum absolute atomic E-state index is 13.5. The molecule has 1 aromatic carbocycles. The molecule has 1 aromatic heterocycles. The molecule has 0 aliphatic heterocycles. The molecule has 82 valence electrons. The summed E-state index contributed by atoms with van der Waals surface area (Å²) >= 11 is 0. The highest BCUT2D eigenvalue weighted by Crippen LogP contribution is 2.23. The SMILES string of the molecule is Cn1cnc(-c2ccc([N+](=O)[O-])cc2F)n1. The van der Waals surface area contributed by atoms with E-state index in [4.69, 9.17) is 0 Å². The van der Waals surface area contributed by atoms with Gasteiger partial charge in [0.2, 0.25) is 0 Å². The van der Waals surface area contributed by atoms with E-state index in [1.807, 2.05) is 0 Å². The Hall–Kier alpha value is -2.31. The topological polar surface area (TPSA) is 73.8 Å². The molecule has 6 nitrogen and oxygen atoms in total. The summed E-state index contributed by atoms with van der Waals surface area (Å²) in [5, 5.41) is 14.3. The molecule has 1 heterocycles. The minimum Gasteiger partial charge on any atom is -0.258 e. The molecule has 0 unspecified atom stereocenters. The average Bonchev–Trinajstić information content (AvgIpc) is 2.64. The lowest BCUT2D eigenvalue weighted by atomic mass is 10.2. The fourth-order valence-corrected chi connectivity index (χ4v) is 1.26. The molecular formula is C9H7FN4O2. The van der Waals surface area contributed by atoms with Gasteiger partial charge in [-0.25, -0.2) is 9.37 Å². The minimum atomic E-state index is -0.708. The summed E-state index contributed by atoms with van der Waals surface area (Å²) in [7, 11) is 1.65. The fraction of sp³-hybridized carbons (Fsp3) is 0.111. The third-order valence-electron chi connectivity index (χ3n) is 2.00. The molecule has 0 atom stereocenters. The zero-order chi connectivity index (χ0) is 11.7. The Balaban J connectivity index is 2.47. The number of rotatable bonds is 2. The number of hydrogen-bond donors (Lipinski definition) is 0. The van der Waals surface area contributed by atoms with Crippen LogP contribution in [-0.4, -0.2) is 19.7 Å². The predicted octanol–water partition coefficient (Wildman–Crippen LogP) is 1.53. The van der Waals surface area contributed by atoms with Crippen molar-refractivity contribution < 1.29 is 9.31 Å². The normalized spacial score (nSPS) is 10.4. The van der Waals surface area contributed by atoms with Gasteiger partial charge in [0.05, 0.1) is 16.6 Å². The summed E-state index contributed by atoms with van der Waals surface area (Å²) in [6.07, 6.45) is 1.43. The lowest BCUT2D eigenvalue weighted by molar-refractivity contribution is -0.385. The summed E-state index contributed by atoms with van der Waals surface area (Å²) in [4.78, 5) is 13.6. The largest absolute Gasteiger partial charge is 0.272 e. The van der Waals surface area contributed by atoms with E-state index < -0.39 is 10.7 Å². The molecule has 0 bridgehead atoms. The number of benzene rings is 1. The van der Waals surface area contributed by atoms with E-state index in [1.54, 1.807) is 7.05 Å². The van der Waals surface area contributed by atoms with Crippen molar-refractivity contribution in [3.05, 3.63) is 40.5 Å². The van der Waals surface area contributed by atoms with Crippen molar-refractivity contribution >= 4 is 5.69 Å². The second kappa shape index (κ2) is 3.69. The van der Waals surface area contributed by atoms with E-state index >= 15 is 0 Å². The smallest absolute Gasteiger partial charge is 0.258 e. The van der Waals surface area contributed by atoms with Crippen LogP contribution < -0.4 is 0 Å². The quantitative estimate of drug-likeness (QED) is 0.570. The Morgan fingerprint density at radius 2 is 2.25 bits per heavy atom. The van der Waals surface area contributed by atoms with Crippen LogP contribution in [0.1, 0.15) is 0 Å². The van der Waals surface area contributed by atoms with Gasteiger partial charge in [-0.2, -0.15) is 5.10 Å². The Morgan fingerprint density at radius 1 is 1.50 bits per heavy atom. The van der Waals surface area contributed by atoms with Crippen LogP contribution in [0, 0.1) is 15.9 Å². The van der Waals surface area contributed by atoms with Crippen LogP contribution in [0.15, 0.2) is 24.5 Å². The van der Waals surface area contributed by atoms with Gasteiger partial charge in [0.1, 0.15) is 12.1 Å². The van der Waals surface area contributed by atoms with Gasteiger partial charge < -0.3 is 0 Å². The van der Waals surface area contributed by atoms with Crippen molar-refractivity contribution in [3.63, 3.8) is 0 Å². The van der Waals surface area contributed by atoms with Gasteiger partial charge >= 0.3 is 0 Å². The summed E-state index contributed by atoms with van der Waals surface area (Å²) in [5.41, 5.74) is -0.150. The van der Waals surface area contributed by atoms with Crippen LogP contribution in [0.25, 0.3) is 11.4 Å². The number of nitrogens with zero attached hydrogens (tertiary/aromatic N) is 4. The maximum atomic E-state index is 13.5. The van der Waals surface area contributed by atoms with Crippen LogP contribution in [0.3, 0.4) is 0 Å². The molecule has 0 saturated carbocycles. The summed E-state index contributed by atoms with van der Waals surface area (Å²) in [5.74, 6) is -0.504. The highest BCUT2D eigenvalue weighted by atomic mass is 19.1. The van der Waals surface area contributed by atoms with E-state index in [-0.39, 0.29) is 17.1 Å². The van der Waals surface area contributed by atoms with Gasteiger partial charge in [0.25, 0.3) is 5.69 Å². The fourth-order valence-electron chi connectivity index (χ4n) is 1.26. The number of aromatic nitrogens is 3. The molecule has 2 rings (SSSR count). The van der Waals surface area contributed by atoms with Crippen molar-refractivity contribution in [2.24, 2.45) is 7.05 Å². The van der Waals surface area contributed by atoms with Gasteiger partial charge in [0, 0.05) is 13.1 Å². The Labute approximate surface area is 89.5 Å². The van der Waals surface area contributed by atoms with Crippen LogP contribution >= 0.6 is 0 Å². The lowest BCUT2D eigenvalue weighted by Gasteiger charge is -1.97. The summed E-state index contributed by atoms with van der Waals surface area (Å²) in [6, 6.07) is 3.36. The van der Waals surface area contributed by atoms with Crippen molar-refractivity contribution in [1.29, 1.82) is 0 Å². The molecule has 2 aromatic rings. The summed E-state index contributed by atoms with van der Waals surface area (Å²) < 4.78 is 14.9. The molecule has 0 fully saturated rings. The predicted molar refractivity (Wildman–Crippen MR) is 53.1 cm³/mol. The molecule has 0 spiro atoms. The van der Waals surface area contributed by atoms with Crippen LogP contribution in [-0.2, 0) is 7.05 Å². The number of aryl methyl sites for hydroxylation is 1. The molecule has 0 aliphatic carbocycles. The van der Waals surface area contributed by atoms with Crippen LogP contribution in [0.2, 0.25) is 0 Å². The molecule has 0 aliphatic rings. The molecule has 7 heteroatoms. The van der Waals surface area contributed by atoms with Gasteiger partial charge in [-0.15, -0.1) is 0 Å². The average molecular weight is 222 g/mol. The molecule has 16 heavy (non-hydrogen) atoms. The molecule has 0 N–H and O–H groups in total. The first-order valence-corrected chi connectivity index (χ1v) is 4.38. The van der Waals surface area contributed by atoms with Crippen molar-refractivity contribution in [3.8, 4) is 11.4 Å². The molecular weight excluding hydrogens is 215 g/mol. The van der Waals surface area contributed by atoms with Gasteiger partial charge in [0.15, 0.2) is 5.82 Å². The van der Waals surface area contributed by atoms with Crippen molar-refractivity contribution in [1.82, 2.24) is 14.8 Å². The third kappa shape index (κ3) is 1.74. The highest BCUT2D eigenvalue weighted by Gasteiger charge is 2.14. The van der Waals surface area contributed by atoms with E-state index in [0.717, 1.165) is 6.07 Å². The number of nitro groups is 1. The van der Waals surface area contributed by atoms with Crippen molar-refractivity contribution in [2.45, 2.75) is 0 Å². The van der Waals surface area contributed by atoms with Crippen LogP contribution in [0.4, 0.5) is 10.1 Å². The number of halogens is 1.